The summed E-state index contributed by atoms with van der Waals surface area (Å²) in [4.78, 5) is 29.6. The van der Waals surface area contributed by atoms with Gasteiger partial charge in [-0.3, -0.25) is 9.59 Å². The summed E-state index contributed by atoms with van der Waals surface area (Å²) in [7, 11) is 3.91. The summed E-state index contributed by atoms with van der Waals surface area (Å²) >= 11 is 0. The number of hydrogen-bond donors (Lipinski definition) is 1. The molecule has 2 fully saturated rings. The Bertz CT molecular complexity index is 1000. The molecule has 0 bridgehead atoms. The number of nitrogens with zero attached hydrogens (tertiary/aromatic N) is 2. The van der Waals surface area contributed by atoms with Gasteiger partial charge >= 0.3 is 0 Å². The van der Waals surface area contributed by atoms with Crippen LogP contribution in [-0.2, 0) is 14.3 Å². The maximum Gasteiger partial charge on any atom is 0.295 e. The van der Waals surface area contributed by atoms with E-state index in [0.717, 1.165) is 29.7 Å². The van der Waals surface area contributed by atoms with Gasteiger partial charge in [0.05, 0.1) is 17.7 Å². The Morgan fingerprint density at radius 3 is 2.35 bits per heavy atom. The van der Waals surface area contributed by atoms with Crippen molar-refractivity contribution in [2.75, 3.05) is 32.1 Å². The molecule has 31 heavy (non-hydrogen) atoms. The van der Waals surface area contributed by atoms with E-state index in [2.05, 4.69) is 0 Å². The van der Waals surface area contributed by atoms with Crippen molar-refractivity contribution in [1.29, 1.82) is 0 Å². The van der Waals surface area contributed by atoms with Crippen LogP contribution in [-0.4, -0.2) is 55.0 Å². The van der Waals surface area contributed by atoms with Crippen molar-refractivity contribution in [3.05, 3.63) is 70.8 Å². The van der Waals surface area contributed by atoms with Gasteiger partial charge in [0.2, 0.25) is 0 Å². The first kappa shape index (κ1) is 21.1. The molecule has 162 valence electrons. The molecule has 2 aliphatic heterocycles. The molecule has 2 saturated heterocycles. The average Bonchev–Trinajstić information content (AvgIpc) is 3.36. The molecule has 6 heteroatoms. The van der Waals surface area contributed by atoms with E-state index in [1.54, 1.807) is 17.0 Å². The molecule has 2 aliphatic rings. The van der Waals surface area contributed by atoms with Crippen LogP contribution in [0.3, 0.4) is 0 Å². The van der Waals surface area contributed by atoms with Gasteiger partial charge in [-0.05, 0) is 37.5 Å². The minimum absolute atomic E-state index is 0.0961. The quantitative estimate of drug-likeness (QED) is 0.454. The zero-order chi connectivity index (χ0) is 22.1. The number of aliphatic hydroxyl groups is 1. The predicted molar refractivity (Wildman–Crippen MR) is 120 cm³/mol. The Morgan fingerprint density at radius 2 is 1.77 bits per heavy atom. The van der Waals surface area contributed by atoms with Crippen LogP contribution < -0.4 is 4.90 Å². The summed E-state index contributed by atoms with van der Waals surface area (Å²) in [5.74, 6) is -1.39. The maximum atomic E-state index is 13.1. The van der Waals surface area contributed by atoms with Gasteiger partial charge in [-0.25, -0.2) is 0 Å². The van der Waals surface area contributed by atoms with Crippen molar-refractivity contribution in [1.82, 2.24) is 4.90 Å². The standard InChI is InChI=1S/C25H28N2O4/c1-16-6-8-18(9-7-16)23(28)21-22(17-10-12-19(13-11-17)26(2)3)27(25(30)24(21)29)15-20-5-4-14-31-20/h6-13,20,22,28H,4-5,14-15H2,1-3H3/b23-21-. The molecule has 0 spiro atoms. The number of aliphatic hydroxyl groups excluding tert-OH is 1. The Hall–Kier alpha value is -3.12. The number of amides is 1. The van der Waals surface area contributed by atoms with Crippen LogP contribution in [0.25, 0.3) is 5.76 Å². The zero-order valence-electron chi connectivity index (χ0n) is 18.2. The molecule has 0 saturated carbocycles. The smallest absolute Gasteiger partial charge is 0.295 e. The lowest BCUT2D eigenvalue weighted by atomic mass is 9.94. The van der Waals surface area contributed by atoms with Gasteiger partial charge in [0.25, 0.3) is 11.7 Å². The van der Waals surface area contributed by atoms with E-state index in [0.29, 0.717) is 18.7 Å². The summed E-state index contributed by atoms with van der Waals surface area (Å²) in [6, 6.07) is 14.4. The number of anilines is 1. The molecular weight excluding hydrogens is 392 g/mol. The van der Waals surface area contributed by atoms with E-state index in [-0.39, 0.29) is 17.4 Å². The molecule has 6 nitrogen and oxygen atoms in total. The minimum Gasteiger partial charge on any atom is -0.507 e. The summed E-state index contributed by atoms with van der Waals surface area (Å²) in [6.07, 6.45) is 1.70. The summed E-state index contributed by atoms with van der Waals surface area (Å²) in [5, 5.41) is 11.1. The number of hydrogen-bond acceptors (Lipinski definition) is 5. The van der Waals surface area contributed by atoms with Crippen molar-refractivity contribution < 1.29 is 19.4 Å². The number of aryl methyl sites for hydroxylation is 1. The van der Waals surface area contributed by atoms with E-state index in [1.807, 2.05) is 62.3 Å². The third-order valence-corrected chi connectivity index (χ3v) is 6.01. The highest BCUT2D eigenvalue weighted by atomic mass is 16.5. The number of carbonyl (C=O) groups is 2. The first-order valence-corrected chi connectivity index (χ1v) is 10.6. The third kappa shape index (κ3) is 4.08. The van der Waals surface area contributed by atoms with E-state index < -0.39 is 17.7 Å². The molecule has 2 atom stereocenters. The molecule has 2 heterocycles. The van der Waals surface area contributed by atoms with Gasteiger partial charge in [0.1, 0.15) is 5.76 Å². The van der Waals surface area contributed by atoms with Crippen molar-refractivity contribution in [2.24, 2.45) is 0 Å². The first-order chi connectivity index (χ1) is 14.9. The Labute approximate surface area is 182 Å². The Balaban J connectivity index is 1.80. The first-order valence-electron chi connectivity index (χ1n) is 10.6. The van der Waals surface area contributed by atoms with Gasteiger partial charge in [-0.1, -0.05) is 42.0 Å². The highest BCUT2D eigenvalue weighted by Gasteiger charge is 2.47. The second-order valence-electron chi connectivity index (χ2n) is 8.44. The predicted octanol–water partition coefficient (Wildman–Crippen LogP) is 3.66. The largest absolute Gasteiger partial charge is 0.507 e. The Morgan fingerprint density at radius 1 is 1.10 bits per heavy atom. The normalized spacial score (nSPS) is 22.9. The van der Waals surface area contributed by atoms with E-state index >= 15 is 0 Å². The van der Waals surface area contributed by atoms with Crippen molar-refractivity contribution in [3.63, 3.8) is 0 Å². The molecule has 0 aliphatic carbocycles. The summed E-state index contributed by atoms with van der Waals surface area (Å²) in [5.41, 5.74) is 3.50. The topological polar surface area (TPSA) is 70.1 Å². The number of carbonyl (C=O) groups excluding carboxylic acids is 2. The van der Waals surface area contributed by atoms with Crippen LogP contribution in [0.2, 0.25) is 0 Å². The number of ketones is 1. The van der Waals surface area contributed by atoms with Crippen molar-refractivity contribution in [2.45, 2.75) is 31.9 Å². The number of rotatable bonds is 5. The van der Waals surface area contributed by atoms with Gasteiger partial charge in [0, 0.05) is 38.5 Å². The van der Waals surface area contributed by atoms with Crippen LogP contribution in [0.5, 0.6) is 0 Å². The molecular formula is C25H28N2O4. The number of benzene rings is 2. The van der Waals surface area contributed by atoms with Gasteiger partial charge in [-0.15, -0.1) is 0 Å². The fraction of sp³-hybridized carbons (Fsp3) is 0.360. The molecule has 1 amide bonds. The van der Waals surface area contributed by atoms with Crippen LogP contribution in [0, 0.1) is 6.92 Å². The monoisotopic (exact) mass is 420 g/mol. The number of ether oxygens (including phenoxy) is 1. The molecule has 2 aromatic carbocycles. The van der Waals surface area contributed by atoms with E-state index in [9.17, 15) is 14.7 Å². The van der Waals surface area contributed by atoms with Crippen LogP contribution in [0.15, 0.2) is 54.1 Å². The second-order valence-corrected chi connectivity index (χ2v) is 8.44. The number of likely N-dealkylation sites (tertiary alicyclic amines) is 1. The molecule has 4 rings (SSSR count). The Kier molecular flexibility index (Phi) is 5.83. The summed E-state index contributed by atoms with van der Waals surface area (Å²) in [6.45, 7) is 2.95. The second kappa shape index (κ2) is 8.55. The average molecular weight is 421 g/mol. The van der Waals surface area contributed by atoms with Crippen LogP contribution in [0.1, 0.15) is 35.6 Å². The molecule has 1 N–H and O–H groups in total. The zero-order valence-corrected chi connectivity index (χ0v) is 18.2. The van der Waals surface area contributed by atoms with Crippen molar-refractivity contribution in [3.8, 4) is 0 Å². The molecule has 0 radical (unpaired) electrons. The molecule has 2 unspecified atom stereocenters. The highest BCUT2D eigenvalue weighted by molar-refractivity contribution is 6.46. The minimum atomic E-state index is -0.655. The van der Waals surface area contributed by atoms with Crippen LogP contribution >= 0.6 is 0 Å². The molecule has 0 aromatic heterocycles. The summed E-state index contributed by atoms with van der Waals surface area (Å²) < 4.78 is 5.74. The van der Waals surface area contributed by atoms with Gasteiger partial charge < -0.3 is 19.6 Å². The highest BCUT2D eigenvalue weighted by Crippen LogP contribution is 2.40. The fourth-order valence-electron chi connectivity index (χ4n) is 4.24. The maximum absolute atomic E-state index is 13.1. The SMILES string of the molecule is Cc1ccc(/C(O)=C2/C(=O)C(=O)N(CC3CCCO3)C2c2ccc(N(C)C)cc2)cc1. The van der Waals surface area contributed by atoms with Crippen molar-refractivity contribution >= 4 is 23.1 Å². The van der Waals surface area contributed by atoms with Gasteiger partial charge in [0.15, 0.2) is 0 Å². The lowest BCUT2D eigenvalue weighted by molar-refractivity contribution is -0.140. The third-order valence-electron chi connectivity index (χ3n) is 6.01. The lowest BCUT2D eigenvalue weighted by Gasteiger charge is -2.28. The van der Waals surface area contributed by atoms with Gasteiger partial charge in [-0.2, -0.15) is 0 Å². The lowest BCUT2D eigenvalue weighted by Crippen LogP contribution is -2.36. The fourth-order valence-corrected chi connectivity index (χ4v) is 4.24. The van der Waals surface area contributed by atoms with E-state index in [1.165, 1.54) is 0 Å². The van der Waals surface area contributed by atoms with E-state index in [4.69, 9.17) is 4.74 Å². The number of Topliss-reactive ketones (excluding diaryl/α,β-unsaturated/α-hetero) is 1. The van der Waals surface area contributed by atoms with Crippen LogP contribution in [0.4, 0.5) is 5.69 Å². The molecule has 2 aromatic rings.